The molecule has 0 spiro atoms. The monoisotopic (exact) mass is 498 g/mol. The molecular formula is C25H21F3N4O4. The summed E-state index contributed by atoms with van der Waals surface area (Å²) in [5, 5.41) is 8.54. The maximum atomic E-state index is 12.8. The van der Waals surface area contributed by atoms with Gasteiger partial charge in [0.25, 0.3) is 5.91 Å². The Bertz CT molecular complexity index is 1250. The first-order valence-corrected chi connectivity index (χ1v) is 10.6. The van der Waals surface area contributed by atoms with Gasteiger partial charge in [-0.1, -0.05) is 48.5 Å². The first-order valence-electron chi connectivity index (χ1n) is 10.6. The molecule has 3 aromatic rings. The molecule has 0 radical (unpaired) electrons. The fourth-order valence-electron chi connectivity index (χ4n) is 2.90. The normalized spacial score (nSPS) is 11.1. The number of carbonyl (C=O) groups excluding carboxylic acids is 3. The van der Waals surface area contributed by atoms with E-state index < -0.39 is 36.1 Å². The van der Waals surface area contributed by atoms with Crippen LogP contribution in [0.25, 0.3) is 0 Å². The van der Waals surface area contributed by atoms with E-state index in [-0.39, 0.29) is 18.0 Å². The van der Waals surface area contributed by atoms with Gasteiger partial charge in [0.1, 0.15) is 5.75 Å². The van der Waals surface area contributed by atoms with E-state index in [4.69, 9.17) is 4.74 Å². The van der Waals surface area contributed by atoms with Gasteiger partial charge in [-0.2, -0.15) is 18.3 Å². The molecule has 3 N–H and O–H groups in total. The van der Waals surface area contributed by atoms with E-state index in [1.54, 1.807) is 42.5 Å². The van der Waals surface area contributed by atoms with Crippen LogP contribution in [0.1, 0.15) is 16.7 Å². The number of rotatable bonds is 8. The van der Waals surface area contributed by atoms with Crippen molar-refractivity contribution in [1.82, 2.24) is 10.7 Å². The van der Waals surface area contributed by atoms with Gasteiger partial charge < -0.3 is 15.4 Å². The molecule has 0 fully saturated rings. The van der Waals surface area contributed by atoms with Crippen LogP contribution in [0.15, 0.2) is 84.0 Å². The van der Waals surface area contributed by atoms with Crippen LogP contribution in [0.2, 0.25) is 0 Å². The van der Waals surface area contributed by atoms with Crippen molar-refractivity contribution >= 4 is 29.6 Å². The van der Waals surface area contributed by atoms with E-state index in [0.717, 1.165) is 17.7 Å². The number of hydrogen-bond acceptors (Lipinski definition) is 5. The van der Waals surface area contributed by atoms with E-state index in [1.165, 1.54) is 24.4 Å². The molecule has 0 atom stereocenters. The van der Waals surface area contributed by atoms with Gasteiger partial charge in [-0.05, 0) is 35.9 Å². The maximum absolute atomic E-state index is 12.8. The number of ether oxygens (including phenoxy) is 1. The zero-order chi connectivity index (χ0) is 26.0. The third-order valence-corrected chi connectivity index (χ3v) is 4.62. The average molecular weight is 498 g/mol. The SMILES string of the molecule is O=C(COc1ccccc1/C=N\NC(=O)C(=O)NCc1ccccc1)Nc1cccc(C(F)(F)F)c1. The van der Waals surface area contributed by atoms with Crippen molar-refractivity contribution in [3.63, 3.8) is 0 Å². The molecule has 3 rings (SSSR count). The summed E-state index contributed by atoms with van der Waals surface area (Å²) in [5.41, 5.74) is 2.39. The number of hydrazone groups is 1. The number of halogens is 3. The zero-order valence-corrected chi connectivity index (χ0v) is 18.7. The van der Waals surface area contributed by atoms with E-state index >= 15 is 0 Å². The number of nitrogens with zero attached hydrogens (tertiary/aromatic N) is 1. The Morgan fingerprint density at radius 2 is 1.61 bits per heavy atom. The van der Waals surface area contributed by atoms with Gasteiger partial charge in [0.2, 0.25) is 0 Å². The van der Waals surface area contributed by atoms with Gasteiger partial charge in [0.05, 0.1) is 11.8 Å². The Morgan fingerprint density at radius 3 is 2.36 bits per heavy atom. The van der Waals surface area contributed by atoms with Gasteiger partial charge in [0.15, 0.2) is 6.61 Å². The molecule has 8 nitrogen and oxygen atoms in total. The highest BCUT2D eigenvalue weighted by Crippen LogP contribution is 2.30. The number of alkyl halides is 3. The molecule has 0 unspecified atom stereocenters. The van der Waals surface area contributed by atoms with E-state index in [0.29, 0.717) is 5.56 Å². The molecule has 0 bridgehead atoms. The van der Waals surface area contributed by atoms with E-state index in [2.05, 4.69) is 21.2 Å². The first kappa shape index (κ1) is 25.9. The van der Waals surface area contributed by atoms with Crippen LogP contribution in [0.3, 0.4) is 0 Å². The number of carbonyl (C=O) groups is 3. The minimum absolute atomic E-state index is 0.0264. The number of anilines is 1. The van der Waals surface area contributed by atoms with E-state index in [1.807, 2.05) is 6.07 Å². The molecule has 3 amide bonds. The molecule has 186 valence electrons. The summed E-state index contributed by atoms with van der Waals surface area (Å²) in [6.45, 7) is -0.314. The molecule has 0 aromatic heterocycles. The molecule has 3 aromatic carbocycles. The molecule has 0 saturated carbocycles. The molecule has 0 aliphatic heterocycles. The van der Waals surface area contributed by atoms with Crippen LogP contribution in [-0.2, 0) is 27.1 Å². The second kappa shape index (κ2) is 12.2. The summed E-state index contributed by atoms with van der Waals surface area (Å²) in [6.07, 6.45) is -3.31. The van der Waals surface area contributed by atoms with Crippen LogP contribution < -0.4 is 20.8 Å². The number of para-hydroxylation sites is 1. The largest absolute Gasteiger partial charge is 0.483 e. The number of hydrogen-bond donors (Lipinski definition) is 3. The second-order valence-corrected chi connectivity index (χ2v) is 7.32. The van der Waals surface area contributed by atoms with Crippen molar-refractivity contribution in [1.29, 1.82) is 0 Å². The molecular weight excluding hydrogens is 477 g/mol. The summed E-state index contributed by atoms with van der Waals surface area (Å²) in [4.78, 5) is 36.0. The van der Waals surface area contributed by atoms with Gasteiger partial charge in [0, 0.05) is 17.8 Å². The van der Waals surface area contributed by atoms with Crippen molar-refractivity contribution in [3.05, 3.63) is 95.6 Å². The summed E-state index contributed by atoms with van der Waals surface area (Å²) in [7, 11) is 0. The maximum Gasteiger partial charge on any atom is 0.416 e. The average Bonchev–Trinajstić information content (AvgIpc) is 2.87. The smallest absolute Gasteiger partial charge is 0.416 e. The first-order chi connectivity index (χ1) is 17.2. The van der Waals surface area contributed by atoms with Crippen molar-refractivity contribution in [2.24, 2.45) is 5.10 Å². The highest BCUT2D eigenvalue weighted by molar-refractivity contribution is 6.35. The topological polar surface area (TPSA) is 109 Å². The number of amides is 3. The fraction of sp³-hybridized carbons (Fsp3) is 0.120. The van der Waals surface area contributed by atoms with Gasteiger partial charge in [-0.3, -0.25) is 14.4 Å². The lowest BCUT2D eigenvalue weighted by Crippen LogP contribution is -2.37. The van der Waals surface area contributed by atoms with E-state index in [9.17, 15) is 27.6 Å². The molecule has 0 saturated heterocycles. The van der Waals surface area contributed by atoms with Gasteiger partial charge in [-0.25, -0.2) is 5.43 Å². The van der Waals surface area contributed by atoms with Crippen molar-refractivity contribution in [2.75, 3.05) is 11.9 Å². The standard InChI is InChI=1S/C25H21F3N4O4/c26-25(27,28)19-10-6-11-20(13-19)31-22(33)16-36-21-12-5-4-9-18(21)15-30-32-24(35)23(34)29-14-17-7-2-1-3-8-17/h1-13,15H,14,16H2,(H,29,34)(H,31,33)(H,32,35)/b30-15-. The Hall–Kier alpha value is -4.67. The predicted molar refractivity (Wildman–Crippen MR) is 126 cm³/mol. The highest BCUT2D eigenvalue weighted by atomic mass is 19.4. The highest BCUT2D eigenvalue weighted by Gasteiger charge is 2.30. The predicted octanol–water partition coefficient (Wildman–Crippen LogP) is 3.49. The van der Waals surface area contributed by atoms with Crippen LogP contribution in [0.4, 0.5) is 18.9 Å². The fourth-order valence-corrected chi connectivity index (χ4v) is 2.90. The second-order valence-electron chi connectivity index (χ2n) is 7.32. The minimum atomic E-state index is -4.53. The van der Waals surface area contributed by atoms with Gasteiger partial charge >= 0.3 is 18.0 Å². The zero-order valence-electron chi connectivity index (χ0n) is 18.7. The molecule has 0 heterocycles. The Balaban J connectivity index is 1.51. The lowest BCUT2D eigenvalue weighted by atomic mass is 10.2. The summed E-state index contributed by atoms with van der Waals surface area (Å²) >= 11 is 0. The quantitative estimate of drug-likeness (QED) is 0.251. The van der Waals surface area contributed by atoms with Crippen LogP contribution >= 0.6 is 0 Å². The molecule has 11 heteroatoms. The third-order valence-electron chi connectivity index (χ3n) is 4.62. The third kappa shape index (κ3) is 7.97. The molecule has 0 aliphatic rings. The van der Waals surface area contributed by atoms with Crippen molar-refractivity contribution in [2.45, 2.75) is 12.7 Å². The van der Waals surface area contributed by atoms with Crippen molar-refractivity contribution < 1.29 is 32.3 Å². The summed E-state index contributed by atoms with van der Waals surface area (Å²) in [6, 6.07) is 19.7. The number of benzene rings is 3. The van der Waals surface area contributed by atoms with Crippen LogP contribution in [0, 0.1) is 0 Å². The number of nitrogens with one attached hydrogen (secondary N) is 3. The van der Waals surface area contributed by atoms with Crippen LogP contribution in [-0.4, -0.2) is 30.5 Å². The Labute approximate surface area is 204 Å². The van der Waals surface area contributed by atoms with Crippen LogP contribution in [0.5, 0.6) is 5.75 Å². The Morgan fingerprint density at radius 1 is 0.889 bits per heavy atom. The Kier molecular flexibility index (Phi) is 8.76. The lowest BCUT2D eigenvalue weighted by Gasteiger charge is -2.11. The summed E-state index contributed by atoms with van der Waals surface area (Å²) < 4.78 is 43.9. The molecule has 36 heavy (non-hydrogen) atoms. The van der Waals surface area contributed by atoms with Gasteiger partial charge in [-0.15, -0.1) is 0 Å². The summed E-state index contributed by atoms with van der Waals surface area (Å²) in [5.74, 6) is -2.29. The van der Waals surface area contributed by atoms with Crippen molar-refractivity contribution in [3.8, 4) is 5.75 Å². The minimum Gasteiger partial charge on any atom is -0.483 e. The molecule has 0 aliphatic carbocycles. The lowest BCUT2D eigenvalue weighted by molar-refractivity contribution is -0.139.